The van der Waals surface area contributed by atoms with Crippen LogP contribution in [0.15, 0.2) is 54.4 Å². The zero-order chi connectivity index (χ0) is 26.3. The van der Waals surface area contributed by atoms with Crippen molar-refractivity contribution in [3.63, 3.8) is 0 Å². The van der Waals surface area contributed by atoms with Crippen LogP contribution in [0.4, 0.5) is 8.78 Å². The van der Waals surface area contributed by atoms with Gasteiger partial charge in [0.25, 0.3) is 0 Å². The highest BCUT2D eigenvalue weighted by atomic mass is 32.2. The Labute approximate surface area is 212 Å². The van der Waals surface area contributed by atoms with Crippen LogP contribution in [0.25, 0.3) is 0 Å². The summed E-state index contributed by atoms with van der Waals surface area (Å²) in [7, 11) is -3.64. The summed E-state index contributed by atoms with van der Waals surface area (Å²) in [5, 5.41) is 14.4. The molecule has 1 aliphatic rings. The molecule has 198 valence electrons. The van der Waals surface area contributed by atoms with Crippen LogP contribution in [-0.2, 0) is 34.1 Å². The van der Waals surface area contributed by atoms with E-state index in [-0.39, 0.29) is 18.7 Å². The van der Waals surface area contributed by atoms with Gasteiger partial charge in [-0.3, -0.25) is 0 Å². The Balaban J connectivity index is 1.80. The second-order valence-electron chi connectivity index (χ2n) is 9.01. The number of aryl methyl sites for hydroxylation is 1. The lowest BCUT2D eigenvalue weighted by atomic mass is 9.99. The molecule has 0 saturated heterocycles. The molecule has 0 aromatic heterocycles. The highest BCUT2D eigenvalue weighted by Crippen LogP contribution is 2.25. The monoisotopic (exact) mass is 523 g/mol. The minimum absolute atomic E-state index is 0.0575. The predicted octanol–water partition coefficient (Wildman–Crippen LogP) is 3.40. The normalized spacial score (nSPS) is 17.6. The maximum absolute atomic E-state index is 13.9. The summed E-state index contributed by atoms with van der Waals surface area (Å²) >= 11 is 0. The lowest BCUT2D eigenvalue weighted by molar-refractivity contribution is -0.0249. The van der Waals surface area contributed by atoms with Gasteiger partial charge in [-0.15, -0.1) is 0 Å². The van der Waals surface area contributed by atoms with E-state index in [2.05, 4.69) is 23.0 Å². The van der Waals surface area contributed by atoms with Crippen molar-refractivity contribution < 1.29 is 27.0 Å². The van der Waals surface area contributed by atoms with Crippen LogP contribution in [0.5, 0.6) is 0 Å². The number of sulfonamides is 1. The van der Waals surface area contributed by atoms with Gasteiger partial charge in [0.1, 0.15) is 17.4 Å². The summed E-state index contributed by atoms with van der Waals surface area (Å²) in [6.07, 6.45) is 0.899. The number of aliphatic hydroxyl groups is 1. The van der Waals surface area contributed by atoms with Crippen molar-refractivity contribution in [2.45, 2.75) is 65.1 Å². The standard InChI is InChI=1S/C26H35F2N3O4S/c1-4-9-36(33,34)30-26-31(17-18(3)35-26)24(13-21-11-22(27)14-23(28)12-21)25(32)16-29-15-20-8-6-7-19(5-2)10-20/h6-8,10-12,14,17,24-26,29-30,32H,4-5,9,13,15-16H2,1-3H3/t24-,25+,26?/m0/s1. The van der Waals surface area contributed by atoms with Gasteiger partial charge >= 0.3 is 0 Å². The molecule has 3 N–H and O–H groups in total. The molecule has 0 bridgehead atoms. The number of rotatable bonds is 13. The van der Waals surface area contributed by atoms with E-state index in [1.807, 2.05) is 18.2 Å². The second kappa shape index (κ2) is 12.6. The zero-order valence-corrected chi connectivity index (χ0v) is 21.7. The van der Waals surface area contributed by atoms with E-state index in [4.69, 9.17) is 4.74 Å². The summed E-state index contributed by atoms with van der Waals surface area (Å²) in [6.45, 7) is 6.18. The first-order chi connectivity index (χ1) is 17.1. The van der Waals surface area contributed by atoms with Gasteiger partial charge in [0, 0.05) is 25.4 Å². The highest BCUT2D eigenvalue weighted by molar-refractivity contribution is 7.89. The summed E-state index contributed by atoms with van der Waals surface area (Å²) in [6, 6.07) is 10.6. The molecule has 2 aromatic rings. The van der Waals surface area contributed by atoms with Gasteiger partial charge in [0.05, 0.1) is 17.9 Å². The van der Waals surface area contributed by atoms with E-state index in [0.29, 0.717) is 24.3 Å². The Kier molecular flexibility index (Phi) is 9.84. The minimum Gasteiger partial charge on any atom is -0.459 e. The average Bonchev–Trinajstić information content (AvgIpc) is 3.15. The Hall–Kier alpha value is -2.53. The predicted molar refractivity (Wildman–Crippen MR) is 135 cm³/mol. The van der Waals surface area contributed by atoms with Gasteiger partial charge in [-0.2, -0.15) is 4.72 Å². The Bertz CT molecular complexity index is 1140. The number of benzene rings is 2. The fraction of sp³-hybridized carbons (Fsp3) is 0.462. The van der Waals surface area contributed by atoms with Crippen LogP contribution in [0.1, 0.15) is 43.9 Å². The topological polar surface area (TPSA) is 90.9 Å². The minimum atomic E-state index is -3.64. The van der Waals surface area contributed by atoms with Gasteiger partial charge in [-0.1, -0.05) is 38.1 Å². The number of halogens is 2. The number of nitrogens with one attached hydrogen (secondary N) is 2. The van der Waals surface area contributed by atoms with Crippen molar-refractivity contribution in [1.82, 2.24) is 14.9 Å². The molecule has 0 fully saturated rings. The van der Waals surface area contributed by atoms with Crippen LogP contribution in [0.3, 0.4) is 0 Å². The molecule has 0 radical (unpaired) electrons. The Morgan fingerprint density at radius 1 is 1.08 bits per heavy atom. The van der Waals surface area contributed by atoms with Gasteiger partial charge in [-0.05, 0) is 55.0 Å². The van der Waals surface area contributed by atoms with E-state index in [1.54, 1.807) is 24.9 Å². The van der Waals surface area contributed by atoms with Gasteiger partial charge in [0.2, 0.25) is 16.4 Å². The van der Waals surface area contributed by atoms with Gasteiger partial charge in [0.15, 0.2) is 0 Å². The van der Waals surface area contributed by atoms with Gasteiger partial charge in [-0.25, -0.2) is 17.2 Å². The quantitative estimate of drug-likeness (QED) is 0.373. The maximum atomic E-state index is 13.9. The lowest BCUT2D eigenvalue weighted by Crippen LogP contribution is -2.54. The average molecular weight is 524 g/mol. The molecule has 3 rings (SSSR count). The van der Waals surface area contributed by atoms with Crippen LogP contribution in [-0.4, -0.2) is 49.2 Å². The van der Waals surface area contributed by atoms with E-state index in [0.717, 1.165) is 18.1 Å². The third kappa shape index (κ3) is 7.99. The van der Waals surface area contributed by atoms with Crippen LogP contribution < -0.4 is 10.0 Å². The molecule has 2 aromatic carbocycles. The summed E-state index contributed by atoms with van der Waals surface area (Å²) < 4.78 is 60.9. The number of hydrogen-bond acceptors (Lipinski definition) is 6. The van der Waals surface area contributed by atoms with Crippen molar-refractivity contribution >= 4 is 10.0 Å². The SMILES string of the molecule is CCCS(=O)(=O)NC1OC(C)=CN1[C@@H](Cc1cc(F)cc(F)c1)[C@H](O)CNCc1cccc(CC)c1. The van der Waals surface area contributed by atoms with Gasteiger partial charge < -0.3 is 20.1 Å². The molecule has 10 heteroatoms. The molecule has 0 spiro atoms. The smallest absolute Gasteiger partial charge is 0.242 e. The van der Waals surface area contributed by atoms with E-state index >= 15 is 0 Å². The molecule has 7 nitrogen and oxygen atoms in total. The zero-order valence-electron chi connectivity index (χ0n) is 20.9. The summed E-state index contributed by atoms with van der Waals surface area (Å²) in [4.78, 5) is 1.56. The largest absolute Gasteiger partial charge is 0.459 e. The van der Waals surface area contributed by atoms with Crippen LogP contribution in [0.2, 0.25) is 0 Å². The second-order valence-corrected chi connectivity index (χ2v) is 10.9. The maximum Gasteiger partial charge on any atom is 0.242 e. The first kappa shape index (κ1) is 28.0. The molecular formula is C26H35F2N3O4S. The third-order valence-electron chi connectivity index (χ3n) is 5.93. The van der Waals surface area contributed by atoms with Crippen molar-refractivity contribution in [2.75, 3.05) is 12.3 Å². The molecule has 0 amide bonds. The highest BCUT2D eigenvalue weighted by Gasteiger charge is 2.36. The first-order valence-electron chi connectivity index (χ1n) is 12.1. The molecule has 1 aliphatic heterocycles. The van der Waals surface area contributed by atoms with E-state index < -0.39 is 40.2 Å². The number of hydrogen-bond donors (Lipinski definition) is 3. The third-order valence-corrected chi connectivity index (χ3v) is 7.44. The number of nitrogens with zero attached hydrogens (tertiary/aromatic N) is 1. The summed E-state index contributed by atoms with van der Waals surface area (Å²) in [5.41, 5.74) is 2.61. The van der Waals surface area contributed by atoms with Crippen molar-refractivity contribution in [3.05, 3.63) is 82.7 Å². The molecule has 36 heavy (non-hydrogen) atoms. The fourth-order valence-electron chi connectivity index (χ4n) is 4.25. The molecule has 1 unspecified atom stereocenters. The number of aliphatic hydroxyl groups excluding tert-OH is 1. The van der Waals surface area contributed by atoms with Crippen LogP contribution in [0, 0.1) is 11.6 Å². The fourth-order valence-corrected chi connectivity index (χ4v) is 5.38. The molecule has 3 atom stereocenters. The van der Waals surface area contributed by atoms with E-state index in [9.17, 15) is 22.3 Å². The van der Waals surface area contributed by atoms with E-state index in [1.165, 1.54) is 17.7 Å². The molecule has 0 aliphatic carbocycles. The molecule has 1 heterocycles. The summed E-state index contributed by atoms with van der Waals surface area (Å²) in [5.74, 6) is -1.08. The Morgan fingerprint density at radius 2 is 1.78 bits per heavy atom. The van der Waals surface area contributed by atoms with Crippen molar-refractivity contribution in [1.29, 1.82) is 0 Å². The molecular weight excluding hydrogens is 488 g/mol. The van der Waals surface area contributed by atoms with Crippen LogP contribution >= 0.6 is 0 Å². The number of allylic oxidation sites excluding steroid dienone is 1. The van der Waals surface area contributed by atoms with Crippen molar-refractivity contribution in [3.8, 4) is 0 Å². The lowest BCUT2D eigenvalue weighted by Gasteiger charge is -2.35. The number of ether oxygens (including phenoxy) is 1. The van der Waals surface area contributed by atoms with Crippen molar-refractivity contribution in [2.24, 2.45) is 0 Å². The first-order valence-corrected chi connectivity index (χ1v) is 13.8. The Morgan fingerprint density at radius 3 is 2.44 bits per heavy atom. The molecule has 0 saturated carbocycles.